The monoisotopic (exact) mass is 264 g/mol. The number of aliphatic imine (C=N–C) groups is 1. The predicted octanol–water partition coefficient (Wildman–Crippen LogP) is 4.16. The van der Waals surface area contributed by atoms with E-state index in [1.807, 2.05) is 38.3 Å². The Morgan fingerprint density at radius 1 is 1.15 bits per heavy atom. The van der Waals surface area contributed by atoms with Gasteiger partial charge in [-0.15, -0.1) is 0 Å². The minimum absolute atomic E-state index is 0.677. The maximum absolute atomic E-state index is 5.79. The van der Waals surface area contributed by atoms with Crippen LogP contribution in [0.5, 0.6) is 0 Å². The Hall–Kier alpha value is -2.42. The van der Waals surface area contributed by atoms with Gasteiger partial charge in [-0.3, -0.25) is 4.99 Å². The average molecular weight is 264 g/mol. The number of furan rings is 1. The van der Waals surface area contributed by atoms with Crippen molar-refractivity contribution in [3.63, 3.8) is 0 Å². The lowest BCUT2D eigenvalue weighted by atomic mass is 10.00. The predicted molar refractivity (Wildman–Crippen MR) is 82.4 cm³/mol. The molecule has 2 aromatic heterocycles. The number of rotatable bonds is 2. The molecule has 0 aliphatic rings. The second-order valence-corrected chi connectivity index (χ2v) is 4.82. The highest BCUT2D eigenvalue weighted by Gasteiger charge is 2.16. The fraction of sp³-hybridized carbons (Fsp3) is 0.176. The largest absolute Gasteiger partial charge is 0.442 e. The Labute approximate surface area is 118 Å². The lowest BCUT2D eigenvalue weighted by molar-refractivity contribution is 0.566. The van der Waals surface area contributed by atoms with Crippen LogP contribution in [0.3, 0.4) is 0 Å². The third-order valence-corrected chi connectivity index (χ3v) is 3.36. The van der Waals surface area contributed by atoms with Gasteiger partial charge in [0.05, 0.1) is 5.39 Å². The summed E-state index contributed by atoms with van der Waals surface area (Å²) < 4.78 is 5.79. The Morgan fingerprint density at radius 2 is 1.90 bits per heavy atom. The lowest BCUT2D eigenvalue weighted by Crippen LogP contribution is -1.89. The molecule has 0 aliphatic carbocycles. The van der Waals surface area contributed by atoms with Gasteiger partial charge in [-0.25, -0.2) is 4.98 Å². The molecule has 0 atom stereocenters. The van der Waals surface area contributed by atoms with E-state index in [1.165, 1.54) is 0 Å². The Kier molecular flexibility index (Phi) is 3.11. The van der Waals surface area contributed by atoms with E-state index in [9.17, 15) is 0 Å². The molecular formula is C17H16N2O. The SMILES string of the molecule is CN=Cc1c(C)oc2nc(C)cc(-c3ccccc3)c12. The highest BCUT2D eigenvalue weighted by Crippen LogP contribution is 2.33. The number of pyridine rings is 1. The molecule has 0 saturated carbocycles. The van der Waals surface area contributed by atoms with Crippen molar-refractivity contribution in [2.75, 3.05) is 7.05 Å². The summed E-state index contributed by atoms with van der Waals surface area (Å²) in [5.41, 5.74) is 4.93. The highest BCUT2D eigenvalue weighted by atomic mass is 16.3. The van der Waals surface area contributed by atoms with Crippen molar-refractivity contribution in [2.24, 2.45) is 4.99 Å². The summed E-state index contributed by atoms with van der Waals surface area (Å²) in [6, 6.07) is 12.4. The van der Waals surface area contributed by atoms with E-state index in [4.69, 9.17) is 4.42 Å². The number of aromatic nitrogens is 1. The normalized spacial score (nSPS) is 11.6. The summed E-state index contributed by atoms with van der Waals surface area (Å²) in [6.45, 7) is 3.93. The summed E-state index contributed by atoms with van der Waals surface area (Å²) in [7, 11) is 1.77. The van der Waals surface area contributed by atoms with E-state index in [2.05, 4.69) is 28.2 Å². The van der Waals surface area contributed by atoms with Crippen LogP contribution in [-0.4, -0.2) is 18.2 Å². The number of hydrogen-bond donors (Lipinski definition) is 0. The summed E-state index contributed by atoms with van der Waals surface area (Å²) >= 11 is 0. The first-order chi connectivity index (χ1) is 9.70. The van der Waals surface area contributed by atoms with E-state index in [0.717, 1.165) is 33.5 Å². The summed E-state index contributed by atoms with van der Waals surface area (Å²) in [5.74, 6) is 0.848. The number of hydrogen-bond acceptors (Lipinski definition) is 3. The molecule has 1 aromatic carbocycles. The molecule has 0 unspecified atom stereocenters. The van der Waals surface area contributed by atoms with Crippen LogP contribution in [0.1, 0.15) is 17.0 Å². The molecule has 0 amide bonds. The Bertz CT molecular complexity index is 786. The van der Waals surface area contributed by atoms with Crippen LogP contribution in [0.4, 0.5) is 0 Å². The number of fused-ring (bicyclic) bond motifs is 1. The van der Waals surface area contributed by atoms with Gasteiger partial charge in [0, 0.05) is 24.5 Å². The molecular weight excluding hydrogens is 248 g/mol. The second kappa shape index (κ2) is 4.93. The number of aryl methyl sites for hydroxylation is 2. The van der Waals surface area contributed by atoms with Gasteiger partial charge < -0.3 is 4.42 Å². The van der Waals surface area contributed by atoms with Crippen LogP contribution in [0.15, 0.2) is 45.8 Å². The van der Waals surface area contributed by atoms with Crippen molar-refractivity contribution in [3.05, 3.63) is 53.4 Å². The van der Waals surface area contributed by atoms with Crippen LogP contribution < -0.4 is 0 Å². The fourth-order valence-corrected chi connectivity index (χ4v) is 2.48. The quantitative estimate of drug-likeness (QED) is 0.652. The zero-order chi connectivity index (χ0) is 14.1. The third-order valence-electron chi connectivity index (χ3n) is 3.36. The molecule has 0 N–H and O–H groups in total. The molecule has 3 rings (SSSR count). The molecule has 0 saturated heterocycles. The van der Waals surface area contributed by atoms with Crippen molar-refractivity contribution >= 4 is 17.3 Å². The lowest BCUT2D eigenvalue weighted by Gasteiger charge is -2.05. The minimum Gasteiger partial charge on any atom is -0.442 e. The zero-order valence-corrected chi connectivity index (χ0v) is 11.8. The summed E-state index contributed by atoms with van der Waals surface area (Å²) in [4.78, 5) is 8.63. The van der Waals surface area contributed by atoms with E-state index in [-0.39, 0.29) is 0 Å². The first-order valence-electron chi connectivity index (χ1n) is 6.59. The van der Waals surface area contributed by atoms with Gasteiger partial charge in [-0.05, 0) is 31.0 Å². The van der Waals surface area contributed by atoms with Crippen LogP contribution in [0.25, 0.3) is 22.2 Å². The third kappa shape index (κ3) is 2.01. The topological polar surface area (TPSA) is 38.4 Å². The summed E-state index contributed by atoms with van der Waals surface area (Å²) in [6.07, 6.45) is 1.84. The fourth-order valence-electron chi connectivity index (χ4n) is 2.48. The first-order valence-corrected chi connectivity index (χ1v) is 6.59. The van der Waals surface area contributed by atoms with Gasteiger partial charge in [-0.1, -0.05) is 30.3 Å². The average Bonchev–Trinajstić information content (AvgIpc) is 2.75. The van der Waals surface area contributed by atoms with E-state index < -0.39 is 0 Å². The molecule has 0 bridgehead atoms. The molecule has 3 heteroatoms. The number of nitrogens with zero attached hydrogens (tertiary/aromatic N) is 2. The maximum atomic E-state index is 5.79. The Morgan fingerprint density at radius 3 is 2.60 bits per heavy atom. The van der Waals surface area contributed by atoms with Gasteiger partial charge in [-0.2, -0.15) is 0 Å². The van der Waals surface area contributed by atoms with Gasteiger partial charge >= 0.3 is 0 Å². The van der Waals surface area contributed by atoms with Gasteiger partial charge in [0.2, 0.25) is 5.71 Å². The smallest absolute Gasteiger partial charge is 0.227 e. The standard InChI is InChI=1S/C17H16N2O/c1-11-9-14(13-7-5-4-6-8-13)16-15(10-18-3)12(2)20-17(16)19-11/h4-10H,1-3H3. The number of benzene rings is 1. The zero-order valence-electron chi connectivity index (χ0n) is 11.8. The van der Waals surface area contributed by atoms with E-state index >= 15 is 0 Å². The minimum atomic E-state index is 0.677. The van der Waals surface area contributed by atoms with E-state index in [0.29, 0.717) is 5.71 Å². The van der Waals surface area contributed by atoms with Crippen molar-refractivity contribution < 1.29 is 4.42 Å². The molecule has 2 heterocycles. The molecule has 3 aromatic rings. The van der Waals surface area contributed by atoms with Crippen LogP contribution >= 0.6 is 0 Å². The van der Waals surface area contributed by atoms with Gasteiger partial charge in [0.1, 0.15) is 5.76 Å². The molecule has 0 aliphatic heterocycles. The Balaban J connectivity index is 2.41. The first kappa shape index (κ1) is 12.6. The van der Waals surface area contributed by atoms with Crippen LogP contribution in [0, 0.1) is 13.8 Å². The second-order valence-electron chi connectivity index (χ2n) is 4.82. The van der Waals surface area contributed by atoms with Crippen molar-refractivity contribution in [1.29, 1.82) is 0 Å². The summed E-state index contributed by atoms with van der Waals surface area (Å²) in [5, 5.41) is 1.03. The molecule has 0 fully saturated rings. The van der Waals surface area contributed by atoms with E-state index in [1.54, 1.807) is 7.05 Å². The van der Waals surface area contributed by atoms with Gasteiger partial charge in [0.15, 0.2) is 0 Å². The molecule has 3 nitrogen and oxygen atoms in total. The van der Waals surface area contributed by atoms with Crippen molar-refractivity contribution in [1.82, 2.24) is 4.98 Å². The van der Waals surface area contributed by atoms with Gasteiger partial charge in [0.25, 0.3) is 0 Å². The highest BCUT2D eigenvalue weighted by molar-refractivity contribution is 6.05. The molecule has 20 heavy (non-hydrogen) atoms. The maximum Gasteiger partial charge on any atom is 0.227 e. The molecule has 0 radical (unpaired) electrons. The molecule has 100 valence electrons. The van der Waals surface area contributed by atoms with Crippen molar-refractivity contribution in [3.8, 4) is 11.1 Å². The van der Waals surface area contributed by atoms with Crippen LogP contribution in [0.2, 0.25) is 0 Å². The molecule has 0 spiro atoms. The van der Waals surface area contributed by atoms with Crippen LogP contribution in [-0.2, 0) is 0 Å². The van der Waals surface area contributed by atoms with Crippen molar-refractivity contribution in [2.45, 2.75) is 13.8 Å².